The second-order valence-corrected chi connectivity index (χ2v) is 8.26. The Balaban J connectivity index is 2.07. The number of nitrogen functional groups attached to an aromatic ring is 1. The van der Waals surface area contributed by atoms with E-state index in [0.717, 1.165) is 12.2 Å². The van der Waals surface area contributed by atoms with Gasteiger partial charge in [-0.25, -0.2) is 8.42 Å². The van der Waals surface area contributed by atoms with E-state index in [1.165, 1.54) is 44.4 Å². The normalized spacial score (nSPS) is 18.7. The summed E-state index contributed by atoms with van der Waals surface area (Å²) in [7, 11) is -3.20. The Morgan fingerprint density at radius 2 is 1.90 bits per heavy atom. The van der Waals surface area contributed by atoms with Crippen LogP contribution in [-0.2, 0) is 9.84 Å². The summed E-state index contributed by atoms with van der Waals surface area (Å²) in [6.45, 7) is 3.19. The van der Waals surface area contributed by atoms with Crippen LogP contribution in [-0.4, -0.2) is 21.2 Å². The smallest absolute Gasteiger partial charge is 0.175 e. The number of hydrogen-bond donors (Lipinski definition) is 2. The van der Waals surface area contributed by atoms with Gasteiger partial charge >= 0.3 is 0 Å². The molecule has 0 heterocycles. The van der Waals surface area contributed by atoms with E-state index in [-0.39, 0.29) is 4.90 Å². The van der Waals surface area contributed by atoms with Crippen LogP contribution >= 0.6 is 0 Å². The van der Waals surface area contributed by atoms with Gasteiger partial charge in [0.2, 0.25) is 0 Å². The van der Waals surface area contributed by atoms with Crippen molar-refractivity contribution >= 4 is 21.2 Å². The number of anilines is 2. The number of rotatable bonds is 4. The van der Waals surface area contributed by atoms with Crippen molar-refractivity contribution in [1.29, 1.82) is 0 Å². The molecule has 112 valence electrons. The van der Waals surface area contributed by atoms with Gasteiger partial charge < -0.3 is 11.1 Å². The van der Waals surface area contributed by atoms with Crippen molar-refractivity contribution in [2.45, 2.75) is 43.9 Å². The van der Waals surface area contributed by atoms with Crippen molar-refractivity contribution in [3.8, 4) is 0 Å². The zero-order valence-corrected chi connectivity index (χ0v) is 13.1. The highest BCUT2D eigenvalue weighted by Gasteiger charge is 2.26. The highest BCUT2D eigenvalue weighted by molar-refractivity contribution is 7.90. The molecule has 1 aromatic rings. The van der Waals surface area contributed by atoms with Gasteiger partial charge in [0.25, 0.3) is 0 Å². The first-order chi connectivity index (χ1) is 9.30. The second-order valence-electron chi connectivity index (χ2n) is 6.25. The van der Waals surface area contributed by atoms with E-state index in [0.29, 0.717) is 11.1 Å². The lowest BCUT2D eigenvalue weighted by Gasteiger charge is -2.34. The first-order valence-electron chi connectivity index (χ1n) is 7.14. The van der Waals surface area contributed by atoms with E-state index in [1.807, 2.05) is 0 Å². The van der Waals surface area contributed by atoms with Crippen LogP contribution in [0.2, 0.25) is 0 Å². The van der Waals surface area contributed by atoms with Crippen LogP contribution in [0.4, 0.5) is 11.4 Å². The summed E-state index contributed by atoms with van der Waals surface area (Å²) >= 11 is 0. The average Bonchev–Trinajstić information content (AvgIpc) is 2.37. The standard InChI is InChI=1S/C15H24N2O2S/c1-15(8-4-3-5-9-15)11-17-14-7-6-12(10-13(14)16)20(2,18)19/h6-7,10,17H,3-5,8-9,11,16H2,1-2H3. The summed E-state index contributed by atoms with van der Waals surface area (Å²) in [5.74, 6) is 0. The number of nitrogens with two attached hydrogens (primary N) is 1. The quantitative estimate of drug-likeness (QED) is 0.838. The molecule has 20 heavy (non-hydrogen) atoms. The van der Waals surface area contributed by atoms with Gasteiger partial charge in [-0.2, -0.15) is 0 Å². The van der Waals surface area contributed by atoms with Crippen LogP contribution in [0, 0.1) is 5.41 Å². The summed E-state index contributed by atoms with van der Waals surface area (Å²) in [6.07, 6.45) is 7.59. The van der Waals surface area contributed by atoms with Crippen molar-refractivity contribution in [2.24, 2.45) is 5.41 Å². The van der Waals surface area contributed by atoms with Crippen LogP contribution in [0.3, 0.4) is 0 Å². The third-order valence-electron chi connectivity index (χ3n) is 4.22. The van der Waals surface area contributed by atoms with Gasteiger partial charge in [0.1, 0.15) is 0 Å². The predicted octanol–water partition coefficient (Wildman–Crippen LogP) is 3.05. The number of sulfone groups is 1. The van der Waals surface area contributed by atoms with E-state index in [1.54, 1.807) is 12.1 Å². The average molecular weight is 296 g/mol. The van der Waals surface area contributed by atoms with E-state index in [9.17, 15) is 8.42 Å². The largest absolute Gasteiger partial charge is 0.397 e. The summed E-state index contributed by atoms with van der Waals surface area (Å²) in [5.41, 5.74) is 7.59. The molecular formula is C15H24N2O2S. The molecule has 5 heteroatoms. The van der Waals surface area contributed by atoms with E-state index in [2.05, 4.69) is 12.2 Å². The summed E-state index contributed by atoms with van der Waals surface area (Å²) < 4.78 is 23.0. The molecule has 2 rings (SSSR count). The first-order valence-corrected chi connectivity index (χ1v) is 9.03. The van der Waals surface area contributed by atoms with Crippen molar-refractivity contribution in [1.82, 2.24) is 0 Å². The molecule has 0 aliphatic heterocycles. The highest BCUT2D eigenvalue weighted by atomic mass is 32.2. The van der Waals surface area contributed by atoms with Gasteiger partial charge in [-0.05, 0) is 36.5 Å². The third-order valence-corrected chi connectivity index (χ3v) is 5.33. The molecule has 0 bridgehead atoms. The fourth-order valence-electron chi connectivity index (χ4n) is 2.82. The molecule has 0 saturated heterocycles. The van der Waals surface area contributed by atoms with Gasteiger partial charge in [0.05, 0.1) is 16.3 Å². The number of benzene rings is 1. The molecule has 1 aliphatic rings. The monoisotopic (exact) mass is 296 g/mol. The Hall–Kier alpha value is -1.23. The van der Waals surface area contributed by atoms with Crippen molar-refractivity contribution < 1.29 is 8.42 Å². The van der Waals surface area contributed by atoms with Crippen molar-refractivity contribution in [2.75, 3.05) is 23.9 Å². The van der Waals surface area contributed by atoms with Gasteiger partial charge in [-0.1, -0.05) is 26.2 Å². The van der Waals surface area contributed by atoms with Gasteiger partial charge in [-0.15, -0.1) is 0 Å². The van der Waals surface area contributed by atoms with Crippen molar-refractivity contribution in [3.63, 3.8) is 0 Å². The summed E-state index contributed by atoms with van der Waals surface area (Å²) in [6, 6.07) is 4.90. The maximum absolute atomic E-state index is 11.5. The number of nitrogens with one attached hydrogen (secondary N) is 1. The van der Waals surface area contributed by atoms with Gasteiger partial charge in [0.15, 0.2) is 9.84 Å². The van der Waals surface area contributed by atoms with Crippen LogP contribution in [0.15, 0.2) is 23.1 Å². The topological polar surface area (TPSA) is 72.2 Å². The Kier molecular flexibility index (Phi) is 4.28. The summed E-state index contributed by atoms with van der Waals surface area (Å²) in [5, 5.41) is 3.38. The van der Waals surface area contributed by atoms with Crippen LogP contribution < -0.4 is 11.1 Å². The molecule has 0 atom stereocenters. The summed E-state index contributed by atoms with van der Waals surface area (Å²) in [4.78, 5) is 0.268. The minimum absolute atomic E-state index is 0.268. The second kappa shape index (κ2) is 5.64. The van der Waals surface area contributed by atoms with Gasteiger partial charge in [0, 0.05) is 12.8 Å². The Morgan fingerprint density at radius 3 is 2.45 bits per heavy atom. The Labute approximate surface area is 121 Å². The lowest BCUT2D eigenvalue weighted by Crippen LogP contribution is -2.29. The molecule has 0 spiro atoms. The lowest BCUT2D eigenvalue weighted by atomic mass is 9.76. The van der Waals surface area contributed by atoms with Crippen LogP contribution in [0.5, 0.6) is 0 Å². The molecule has 1 aromatic carbocycles. The molecule has 0 unspecified atom stereocenters. The minimum atomic E-state index is -3.20. The third kappa shape index (κ3) is 3.66. The zero-order valence-electron chi connectivity index (χ0n) is 12.3. The highest BCUT2D eigenvalue weighted by Crippen LogP contribution is 2.36. The maximum Gasteiger partial charge on any atom is 0.175 e. The lowest BCUT2D eigenvalue weighted by molar-refractivity contribution is 0.233. The fourth-order valence-corrected chi connectivity index (χ4v) is 3.48. The SMILES string of the molecule is CC1(CNc2ccc(S(C)(=O)=O)cc2N)CCCCC1. The molecule has 0 radical (unpaired) electrons. The Bertz CT molecular complexity index is 576. The van der Waals surface area contributed by atoms with Crippen LogP contribution in [0.25, 0.3) is 0 Å². The molecule has 3 N–H and O–H groups in total. The zero-order chi connectivity index (χ0) is 14.8. The van der Waals surface area contributed by atoms with Gasteiger partial charge in [-0.3, -0.25) is 0 Å². The molecule has 1 saturated carbocycles. The molecule has 0 amide bonds. The molecule has 1 aliphatic carbocycles. The minimum Gasteiger partial charge on any atom is -0.397 e. The first kappa shape index (κ1) is 15.2. The predicted molar refractivity (Wildman–Crippen MR) is 83.6 cm³/mol. The molecular weight excluding hydrogens is 272 g/mol. The van der Waals surface area contributed by atoms with E-state index < -0.39 is 9.84 Å². The molecule has 4 nitrogen and oxygen atoms in total. The fraction of sp³-hybridized carbons (Fsp3) is 0.600. The Morgan fingerprint density at radius 1 is 1.25 bits per heavy atom. The molecule has 1 fully saturated rings. The van der Waals surface area contributed by atoms with E-state index >= 15 is 0 Å². The number of hydrogen-bond acceptors (Lipinski definition) is 4. The molecule has 0 aromatic heterocycles. The maximum atomic E-state index is 11.5. The van der Waals surface area contributed by atoms with Crippen molar-refractivity contribution in [3.05, 3.63) is 18.2 Å². The van der Waals surface area contributed by atoms with E-state index in [4.69, 9.17) is 5.73 Å². The van der Waals surface area contributed by atoms with Crippen LogP contribution in [0.1, 0.15) is 39.0 Å².